The molecule has 5 aromatic carbocycles. The fourth-order valence-electron chi connectivity index (χ4n) is 4.30. The molecule has 0 fully saturated rings. The summed E-state index contributed by atoms with van der Waals surface area (Å²) in [4.78, 5) is 0. The van der Waals surface area contributed by atoms with Crippen LogP contribution in [0, 0.1) is 51.4 Å². The molecular weight excluding hydrogens is 408 g/mol. The van der Waals surface area contributed by atoms with Gasteiger partial charge >= 0.3 is 0 Å². The zero-order chi connectivity index (χ0) is 23.7. The van der Waals surface area contributed by atoms with Crippen molar-refractivity contribution in [2.75, 3.05) is 0 Å². The number of rotatable bonds is 0. The van der Waals surface area contributed by atoms with E-state index in [0.717, 1.165) is 22.3 Å². The van der Waals surface area contributed by atoms with Gasteiger partial charge in [-0.3, -0.25) is 0 Å². The van der Waals surface area contributed by atoms with Crippen molar-refractivity contribution < 1.29 is 0 Å². The Morgan fingerprint density at radius 2 is 0.676 bits per heavy atom. The average molecular weight is 435 g/mol. The first kappa shape index (κ1) is 21.6. The van der Waals surface area contributed by atoms with E-state index in [1.165, 1.54) is 43.8 Å². The normalized spacial score (nSPS) is 10.5. The van der Waals surface area contributed by atoms with Gasteiger partial charge in [-0.2, -0.15) is 0 Å². The molecule has 162 valence electrons. The van der Waals surface area contributed by atoms with E-state index >= 15 is 0 Å². The second kappa shape index (κ2) is 8.94. The number of fused-ring (bicyclic) bond motifs is 3. The highest BCUT2D eigenvalue weighted by Crippen LogP contribution is 2.33. The third kappa shape index (κ3) is 4.32. The van der Waals surface area contributed by atoms with E-state index in [1.54, 1.807) is 0 Å². The Morgan fingerprint density at radius 3 is 1.06 bits per heavy atom. The molecule has 0 unspecified atom stereocenters. The fourth-order valence-corrected chi connectivity index (χ4v) is 4.30. The summed E-state index contributed by atoms with van der Waals surface area (Å²) in [5, 5.41) is 5.05. The summed E-state index contributed by atoms with van der Waals surface area (Å²) in [5.41, 5.74) is 9.24. The molecule has 0 heteroatoms. The molecule has 5 rings (SSSR count). The maximum absolute atomic E-state index is 3.34. The molecule has 0 amide bonds. The molecule has 0 saturated carbocycles. The smallest absolute Gasteiger partial charge is 0.0255 e. The second-order valence-corrected chi connectivity index (χ2v) is 9.00. The lowest BCUT2D eigenvalue weighted by Gasteiger charge is -2.13. The Balaban J connectivity index is 1.55. The van der Waals surface area contributed by atoms with Crippen LogP contribution in [0.5, 0.6) is 0 Å². The third-order valence-electron chi connectivity index (χ3n) is 6.51. The Labute approximate surface area is 202 Å². The zero-order valence-corrected chi connectivity index (χ0v) is 20.1. The summed E-state index contributed by atoms with van der Waals surface area (Å²) in [5.74, 6) is 13.3. The van der Waals surface area contributed by atoms with Crippen LogP contribution in [0.2, 0.25) is 0 Å². The predicted octanol–water partition coefficient (Wildman–Crippen LogP) is 8.03. The van der Waals surface area contributed by atoms with Crippen LogP contribution >= 0.6 is 0 Å². The lowest BCUT2D eigenvalue weighted by atomic mass is 9.91. The predicted molar refractivity (Wildman–Crippen MR) is 145 cm³/mol. The second-order valence-electron chi connectivity index (χ2n) is 9.00. The third-order valence-corrected chi connectivity index (χ3v) is 6.51. The van der Waals surface area contributed by atoms with Gasteiger partial charge in [0, 0.05) is 22.3 Å². The van der Waals surface area contributed by atoms with Crippen LogP contribution in [-0.2, 0) is 0 Å². The van der Waals surface area contributed by atoms with Crippen LogP contribution in [0.25, 0.3) is 21.5 Å². The molecule has 0 bridgehead atoms. The van der Waals surface area contributed by atoms with Crippen LogP contribution in [-0.4, -0.2) is 0 Å². The number of benzene rings is 5. The Kier molecular flexibility index (Phi) is 5.67. The van der Waals surface area contributed by atoms with E-state index in [4.69, 9.17) is 0 Å². The maximum atomic E-state index is 3.34. The van der Waals surface area contributed by atoms with Crippen LogP contribution in [0.1, 0.15) is 44.5 Å². The van der Waals surface area contributed by atoms with Gasteiger partial charge in [-0.25, -0.2) is 0 Å². The van der Waals surface area contributed by atoms with E-state index < -0.39 is 0 Å². The maximum Gasteiger partial charge on any atom is 0.0255 e. The molecule has 0 heterocycles. The molecule has 34 heavy (non-hydrogen) atoms. The van der Waals surface area contributed by atoms with Crippen molar-refractivity contribution in [1.82, 2.24) is 0 Å². The van der Waals surface area contributed by atoms with Gasteiger partial charge in [-0.15, -0.1) is 0 Å². The summed E-state index contributed by atoms with van der Waals surface area (Å²) in [6.07, 6.45) is 0. The standard InChI is InChI=1S/C34H26/c1-23-5-9-27(10-6-23)13-15-29-17-19-31-32-20-18-30(16-14-28-11-7-24(2)8-12-28)22-34(32)26(4)25(3)33(31)21-29/h5-12,17-22H,1-4H3. The molecule has 0 nitrogen and oxygen atoms in total. The fraction of sp³-hybridized carbons (Fsp3) is 0.118. The number of aryl methyl sites for hydroxylation is 4. The molecule has 0 aromatic heterocycles. The molecule has 0 aliphatic carbocycles. The molecule has 5 aromatic rings. The van der Waals surface area contributed by atoms with Gasteiger partial charge in [-0.05, 0) is 109 Å². The molecule has 0 spiro atoms. The van der Waals surface area contributed by atoms with Crippen LogP contribution in [0.3, 0.4) is 0 Å². The molecule has 0 aliphatic heterocycles. The molecule has 0 radical (unpaired) electrons. The van der Waals surface area contributed by atoms with Gasteiger partial charge in [0.05, 0.1) is 0 Å². The Hall–Kier alpha value is -4.26. The summed E-state index contributed by atoms with van der Waals surface area (Å²) >= 11 is 0. The van der Waals surface area contributed by atoms with Crippen LogP contribution < -0.4 is 0 Å². The molecule has 0 N–H and O–H groups in total. The van der Waals surface area contributed by atoms with Crippen molar-refractivity contribution in [1.29, 1.82) is 0 Å². The van der Waals surface area contributed by atoms with E-state index in [9.17, 15) is 0 Å². The monoisotopic (exact) mass is 434 g/mol. The van der Waals surface area contributed by atoms with Gasteiger partial charge in [-0.1, -0.05) is 71.2 Å². The highest BCUT2D eigenvalue weighted by molar-refractivity contribution is 6.11. The van der Waals surface area contributed by atoms with Gasteiger partial charge in [0.1, 0.15) is 0 Å². The minimum absolute atomic E-state index is 1.04. The van der Waals surface area contributed by atoms with Crippen molar-refractivity contribution in [2.24, 2.45) is 0 Å². The molecule has 0 saturated heterocycles. The molecular formula is C34H26. The number of hydrogen-bond donors (Lipinski definition) is 0. The largest absolute Gasteiger partial charge is 0.0617 e. The van der Waals surface area contributed by atoms with E-state index in [1.807, 2.05) is 0 Å². The van der Waals surface area contributed by atoms with Gasteiger partial charge in [0.15, 0.2) is 0 Å². The van der Waals surface area contributed by atoms with Crippen LogP contribution in [0.15, 0.2) is 84.9 Å². The minimum Gasteiger partial charge on any atom is -0.0617 e. The van der Waals surface area contributed by atoms with Crippen molar-refractivity contribution in [3.05, 3.63) is 129 Å². The molecule has 0 aliphatic rings. The highest BCUT2D eigenvalue weighted by atomic mass is 14.1. The van der Waals surface area contributed by atoms with Crippen molar-refractivity contribution in [3.8, 4) is 23.7 Å². The summed E-state index contributed by atoms with van der Waals surface area (Å²) in [7, 11) is 0. The van der Waals surface area contributed by atoms with Gasteiger partial charge < -0.3 is 0 Å². The first-order chi connectivity index (χ1) is 16.5. The highest BCUT2D eigenvalue weighted by Gasteiger charge is 2.09. The Morgan fingerprint density at radius 1 is 0.353 bits per heavy atom. The first-order valence-corrected chi connectivity index (χ1v) is 11.6. The lowest BCUT2D eigenvalue weighted by Crippen LogP contribution is -1.90. The SMILES string of the molecule is Cc1ccc(C#Cc2ccc3c(c2)c(C)c(C)c2cc(C#Cc4ccc(C)cc4)ccc23)cc1. The summed E-state index contributed by atoms with van der Waals surface area (Å²) in [6, 6.07) is 29.8. The zero-order valence-electron chi connectivity index (χ0n) is 20.1. The van der Waals surface area contributed by atoms with Crippen molar-refractivity contribution in [3.63, 3.8) is 0 Å². The van der Waals surface area contributed by atoms with Crippen LogP contribution in [0.4, 0.5) is 0 Å². The van der Waals surface area contributed by atoms with Crippen molar-refractivity contribution in [2.45, 2.75) is 27.7 Å². The van der Waals surface area contributed by atoms with Crippen molar-refractivity contribution >= 4 is 21.5 Å². The minimum atomic E-state index is 1.04. The van der Waals surface area contributed by atoms with E-state index in [0.29, 0.717) is 0 Å². The van der Waals surface area contributed by atoms with Gasteiger partial charge in [0.2, 0.25) is 0 Å². The average Bonchev–Trinajstić information content (AvgIpc) is 2.86. The number of hydrogen-bond acceptors (Lipinski definition) is 0. The van der Waals surface area contributed by atoms with E-state index in [2.05, 4.69) is 136 Å². The Bertz CT molecular complexity index is 1530. The topological polar surface area (TPSA) is 0 Å². The molecule has 0 atom stereocenters. The quantitative estimate of drug-likeness (QED) is 0.171. The van der Waals surface area contributed by atoms with E-state index in [-0.39, 0.29) is 0 Å². The summed E-state index contributed by atoms with van der Waals surface area (Å²) < 4.78 is 0. The lowest BCUT2D eigenvalue weighted by molar-refractivity contribution is 1.41. The first-order valence-electron chi connectivity index (χ1n) is 11.6. The van der Waals surface area contributed by atoms with Gasteiger partial charge in [0.25, 0.3) is 0 Å². The summed E-state index contributed by atoms with van der Waals surface area (Å²) in [6.45, 7) is 8.60.